The van der Waals surface area contributed by atoms with Crippen molar-refractivity contribution in [1.29, 1.82) is 5.26 Å². The Morgan fingerprint density at radius 1 is 1.20 bits per heavy atom. The average Bonchev–Trinajstić information content (AvgIpc) is 3.53. The molecule has 1 N–H and O–H groups in total. The van der Waals surface area contributed by atoms with Gasteiger partial charge in [0.25, 0.3) is 0 Å². The zero-order valence-corrected chi connectivity index (χ0v) is 22.6. The summed E-state index contributed by atoms with van der Waals surface area (Å²) in [4.78, 5) is 11.7. The van der Waals surface area contributed by atoms with Crippen molar-refractivity contribution in [2.45, 2.75) is 50.7 Å². The van der Waals surface area contributed by atoms with Gasteiger partial charge in [-0.15, -0.1) is 0 Å². The molecule has 2 aliphatic rings. The fourth-order valence-corrected chi connectivity index (χ4v) is 5.05. The highest BCUT2D eigenvalue weighted by Gasteiger charge is 2.32. The van der Waals surface area contributed by atoms with Crippen LogP contribution in [0.5, 0.6) is 23.0 Å². The van der Waals surface area contributed by atoms with E-state index < -0.39 is 11.7 Å². The normalized spacial score (nSPS) is 17.6. The number of rotatable bonds is 8. The topological polar surface area (TPSA) is 98.0 Å². The van der Waals surface area contributed by atoms with Gasteiger partial charge in [0.15, 0.2) is 0 Å². The lowest BCUT2D eigenvalue weighted by Crippen LogP contribution is -2.13. The number of esters is 1. The van der Waals surface area contributed by atoms with Crippen LogP contribution < -0.4 is 14.2 Å². The molecule has 0 fully saturated rings. The quantitative estimate of drug-likeness (QED) is 0.329. The number of aliphatic hydroxyl groups is 1. The number of nitrogens with zero attached hydrogens (tertiary/aromatic N) is 1. The molecule has 40 heavy (non-hydrogen) atoms. The van der Waals surface area contributed by atoms with Crippen LogP contribution in [0.3, 0.4) is 0 Å². The van der Waals surface area contributed by atoms with Gasteiger partial charge in [-0.05, 0) is 62.6 Å². The summed E-state index contributed by atoms with van der Waals surface area (Å²) < 4.78 is 38.0. The van der Waals surface area contributed by atoms with Gasteiger partial charge < -0.3 is 24.1 Å². The molecule has 0 saturated carbocycles. The van der Waals surface area contributed by atoms with Crippen LogP contribution in [0, 0.1) is 17.1 Å². The number of ether oxygens (including phenoxy) is 4. The average molecular weight is 544 g/mol. The second-order valence-electron chi connectivity index (χ2n) is 10.5. The highest BCUT2D eigenvalue weighted by Crippen LogP contribution is 2.44. The number of benzene rings is 3. The van der Waals surface area contributed by atoms with Crippen LogP contribution in [0.4, 0.5) is 4.39 Å². The molecule has 0 aromatic heterocycles. The van der Waals surface area contributed by atoms with Gasteiger partial charge in [-0.3, -0.25) is 4.79 Å². The Balaban J connectivity index is 1.35. The van der Waals surface area contributed by atoms with Crippen LogP contribution in [0.2, 0.25) is 0 Å². The van der Waals surface area contributed by atoms with E-state index in [9.17, 15) is 15.2 Å². The maximum absolute atomic E-state index is 15.1. The van der Waals surface area contributed by atoms with Crippen molar-refractivity contribution in [2.24, 2.45) is 0 Å². The first-order valence-corrected chi connectivity index (χ1v) is 13.1. The summed E-state index contributed by atoms with van der Waals surface area (Å²) in [5.41, 5.74) is 2.15. The van der Waals surface area contributed by atoms with E-state index in [4.69, 9.17) is 18.9 Å². The van der Waals surface area contributed by atoms with Gasteiger partial charge in [-0.1, -0.05) is 24.3 Å². The molecular weight excluding hydrogens is 513 g/mol. The molecule has 206 valence electrons. The van der Waals surface area contributed by atoms with Gasteiger partial charge in [-0.25, -0.2) is 4.39 Å². The van der Waals surface area contributed by atoms with Gasteiger partial charge in [0.05, 0.1) is 31.3 Å². The fraction of sp³-hybridized carbons (Fsp3) is 0.312. The smallest absolute Gasteiger partial charge is 0.306 e. The van der Waals surface area contributed by atoms with E-state index in [1.807, 2.05) is 6.07 Å². The number of nitriles is 1. The zero-order chi connectivity index (χ0) is 28.4. The first-order chi connectivity index (χ1) is 19.1. The summed E-state index contributed by atoms with van der Waals surface area (Å²) in [6, 6.07) is 15.7. The minimum atomic E-state index is -0.977. The molecule has 7 nitrogen and oxygen atoms in total. The van der Waals surface area contributed by atoms with Crippen LogP contribution in [0.15, 0.2) is 54.6 Å². The summed E-state index contributed by atoms with van der Waals surface area (Å²) in [6.45, 7) is 3.72. The lowest BCUT2D eigenvalue weighted by molar-refractivity contribution is -0.141. The molecule has 0 saturated heterocycles. The predicted octanol–water partition coefficient (Wildman–Crippen LogP) is 6.38. The molecule has 0 spiro atoms. The van der Waals surface area contributed by atoms with Gasteiger partial charge in [-0.2, -0.15) is 5.26 Å². The van der Waals surface area contributed by atoms with Crippen LogP contribution in [-0.2, 0) is 16.0 Å². The van der Waals surface area contributed by atoms with E-state index in [0.29, 0.717) is 59.1 Å². The van der Waals surface area contributed by atoms with Crippen LogP contribution >= 0.6 is 0 Å². The van der Waals surface area contributed by atoms with E-state index in [2.05, 4.69) is 6.07 Å². The van der Waals surface area contributed by atoms with Crippen molar-refractivity contribution in [2.75, 3.05) is 13.7 Å². The van der Waals surface area contributed by atoms with Crippen molar-refractivity contribution in [3.05, 3.63) is 88.2 Å². The first kappa shape index (κ1) is 27.2. The third-order valence-corrected chi connectivity index (χ3v) is 7.05. The van der Waals surface area contributed by atoms with E-state index >= 15 is 4.39 Å². The second-order valence-corrected chi connectivity index (χ2v) is 10.5. The van der Waals surface area contributed by atoms with Crippen molar-refractivity contribution >= 4 is 12.0 Å². The minimum Gasteiger partial charge on any atom is -0.492 e. The number of hydrogen-bond donors (Lipinski definition) is 1. The number of carbonyl (C=O) groups excluding carboxylic acids is 1. The molecule has 0 bridgehead atoms. The second kappa shape index (κ2) is 11.0. The Hall–Kier alpha value is -4.35. The first-order valence-electron chi connectivity index (χ1n) is 13.1. The highest BCUT2D eigenvalue weighted by molar-refractivity contribution is 5.71. The Labute approximate surface area is 232 Å². The van der Waals surface area contributed by atoms with Crippen LogP contribution in [-0.4, -0.2) is 30.4 Å². The molecule has 1 heterocycles. The van der Waals surface area contributed by atoms with Gasteiger partial charge in [0.2, 0.25) is 0 Å². The summed E-state index contributed by atoms with van der Waals surface area (Å²) in [5.74, 6) is 1.27. The van der Waals surface area contributed by atoms with Crippen molar-refractivity contribution in [3.63, 3.8) is 0 Å². The molecular formula is C32H30FNO6. The third-order valence-electron chi connectivity index (χ3n) is 7.05. The number of methoxy groups -OCH3 is 1. The summed E-state index contributed by atoms with van der Waals surface area (Å²) in [7, 11) is 1.36. The Kier molecular flexibility index (Phi) is 7.51. The molecule has 0 amide bonds. The van der Waals surface area contributed by atoms with Gasteiger partial charge >= 0.3 is 5.97 Å². The monoisotopic (exact) mass is 543 g/mol. The van der Waals surface area contributed by atoms with Crippen molar-refractivity contribution in [3.8, 4) is 29.1 Å². The zero-order valence-electron chi connectivity index (χ0n) is 22.6. The predicted molar refractivity (Wildman–Crippen MR) is 146 cm³/mol. The summed E-state index contributed by atoms with van der Waals surface area (Å²) >= 11 is 0. The number of carbonyl (C=O) groups is 1. The van der Waals surface area contributed by atoms with E-state index in [1.54, 1.807) is 62.4 Å². The molecule has 0 unspecified atom stereocenters. The molecule has 3 aromatic carbocycles. The Bertz CT molecular complexity index is 1520. The van der Waals surface area contributed by atoms with E-state index in [0.717, 1.165) is 11.1 Å². The molecule has 3 aromatic rings. The highest BCUT2D eigenvalue weighted by atomic mass is 19.1. The van der Waals surface area contributed by atoms with Gasteiger partial charge in [0.1, 0.15) is 41.0 Å². The largest absolute Gasteiger partial charge is 0.492 e. The van der Waals surface area contributed by atoms with Crippen molar-refractivity contribution in [1.82, 2.24) is 0 Å². The lowest BCUT2D eigenvalue weighted by atomic mass is 9.98. The lowest BCUT2D eigenvalue weighted by Gasteiger charge is -2.17. The SMILES string of the molecule is COC(=O)C[C@@H]1COc2cc(O[C@@H]3CCc4c(Oc5ccc(/C=C/C(C)(C)O)cc5C#N)ccc(F)c43)ccc21. The van der Waals surface area contributed by atoms with E-state index in [1.165, 1.54) is 13.2 Å². The van der Waals surface area contributed by atoms with Gasteiger partial charge in [0, 0.05) is 28.7 Å². The molecule has 5 rings (SSSR count). The Morgan fingerprint density at radius 3 is 2.75 bits per heavy atom. The van der Waals surface area contributed by atoms with Crippen LogP contribution in [0.1, 0.15) is 66.5 Å². The summed E-state index contributed by atoms with van der Waals surface area (Å²) in [5, 5.41) is 19.6. The Morgan fingerprint density at radius 2 is 2.00 bits per heavy atom. The van der Waals surface area contributed by atoms with Crippen molar-refractivity contribution < 1.29 is 33.2 Å². The minimum absolute atomic E-state index is 0.0780. The number of fused-ring (bicyclic) bond motifs is 2. The van der Waals surface area contributed by atoms with Crippen LogP contribution in [0.25, 0.3) is 6.08 Å². The molecule has 2 atom stereocenters. The number of halogens is 1. The third kappa shape index (κ3) is 5.80. The summed E-state index contributed by atoms with van der Waals surface area (Å²) in [6.07, 6.45) is 4.21. The number of hydrogen-bond acceptors (Lipinski definition) is 7. The maximum Gasteiger partial charge on any atom is 0.306 e. The fourth-order valence-electron chi connectivity index (χ4n) is 5.05. The van der Waals surface area contributed by atoms with E-state index in [-0.39, 0.29) is 24.1 Å². The molecule has 1 aliphatic heterocycles. The molecule has 0 radical (unpaired) electrons. The molecule has 8 heteroatoms. The standard InChI is InChI=1S/C32H30FNO6/c1-32(2,36)13-12-19-4-9-26(20(14-19)17-34)40-27-11-8-25(33)31-24(27)7-10-28(31)39-22-5-6-23-21(15-30(35)37-3)18-38-29(23)16-22/h4-6,8-9,11-14,16,21,28,36H,7,10,15,18H2,1-3H3/b13-12+/t21-,28-/m1/s1. The molecule has 1 aliphatic carbocycles. The maximum atomic E-state index is 15.1.